The number of carbonyl (C=O) groups is 1. The molecule has 2 heteroatoms. The summed E-state index contributed by atoms with van der Waals surface area (Å²) >= 11 is 0. The van der Waals surface area contributed by atoms with Gasteiger partial charge in [-0.15, -0.1) is 0 Å². The molecule has 0 aliphatic heterocycles. The van der Waals surface area contributed by atoms with Crippen LogP contribution in [0.3, 0.4) is 0 Å². The molecule has 0 unspecified atom stereocenters. The maximum absolute atomic E-state index is 11.4. The van der Waals surface area contributed by atoms with Crippen molar-refractivity contribution in [2.75, 3.05) is 0 Å². The average molecular weight is 325 g/mol. The monoisotopic (exact) mass is 325 g/mol. The summed E-state index contributed by atoms with van der Waals surface area (Å²) in [5.41, 5.74) is 3.53. The van der Waals surface area contributed by atoms with E-state index in [0.717, 1.165) is 5.56 Å². The van der Waals surface area contributed by atoms with Crippen LogP contribution in [0.25, 0.3) is 32.7 Å². The summed E-state index contributed by atoms with van der Waals surface area (Å²) in [7, 11) is 0. The van der Waals surface area contributed by atoms with E-state index in [1.807, 2.05) is 0 Å². The number of fused-ring (bicyclic) bond motifs is 2. The van der Waals surface area contributed by atoms with E-state index >= 15 is 0 Å². The molecule has 1 amide bonds. The van der Waals surface area contributed by atoms with Crippen LogP contribution in [-0.2, 0) is 11.3 Å². The summed E-state index contributed by atoms with van der Waals surface area (Å²) in [6, 6.07) is 27.5. The minimum Gasteiger partial charge on any atom is -0.352 e. The molecule has 0 bridgehead atoms. The van der Waals surface area contributed by atoms with Crippen molar-refractivity contribution in [2.24, 2.45) is 0 Å². The van der Waals surface area contributed by atoms with E-state index in [2.05, 4.69) is 84.2 Å². The minimum absolute atomic E-state index is 0.0166. The smallest absolute Gasteiger partial charge is 0.217 e. The molecule has 2 nitrogen and oxygen atoms in total. The van der Waals surface area contributed by atoms with Gasteiger partial charge in [-0.2, -0.15) is 0 Å². The molecule has 0 spiro atoms. The second kappa shape index (κ2) is 6.40. The van der Waals surface area contributed by atoms with Crippen LogP contribution in [0.2, 0.25) is 0 Å². The van der Waals surface area contributed by atoms with Crippen LogP contribution in [0.15, 0.2) is 78.9 Å². The first kappa shape index (κ1) is 15.4. The average Bonchev–Trinajstić information content (AvgIpc) is 2.65. The number of amides is 1. The minimum atomic E-state index is -0.0166. The number of hydrogen-bond acceptors (Lipinski definition) is 1. The predicted octanol–water partition coefficient (Wildman–Crippen LogP) is 5.30. The number of carbonyl (C=O) groups excluding carboxylic acids is 1. The van der Waals surface area contributed by atoms with Gasteiger partial charge < -0.3 is 5.32 Å². The highest BCUT2D eigenvalue weighted by Gasteiger charge is 2.12. The fourth-order valence-electron chi connectivity index (χ4n) is 3.45. The van der Waals surface area contributed by atoms with E-state index in [1.165, 1.54) is 32.7 Å². The number of benzene rings is 4. The van der Waals surface area contributed by atoms with Crippen LogP contribution < -0.4 is 5.32 Å². The van der Waals surface area contributed by atoms with E-state index < -0.39 is 0 Å². The van der Waals surface area contributed by atoms with Crippen molar-refractivity contribution in [3.05, 3.63) is 84.4 Å². The summed E-state index contributed by atoms with van der Waals surface area (Å²) in [6.07, 6.45) is 0. The van der Waals surface area contributed by atoms with Gasteiger partial charge in [-0.05, 0) is 38.2 Å². The van der Waals surface area contributed by atoms with Crippen molar-refractivity contribution in [2.45, 2.75) is 13.5 Å². The van der Waals surface area contributed by atoms with E-state index in [0.29, 0.717) is 6.54 Å². The van der Waals surface area contributed by atoms with Crippen LogP contribution in [0.4, 0.5) is 0 Å². The van der Waals surface area contributed by atoms with Gasteiger partial charge in [0, 0.05) is 13.5 Å². The normalized spacial score (nSPS) is 10.9. The largest absolute Gasteiger partial charge is 0.352 e. The Kier molecular flexibility index (Phi) is 3.95. The molecular formula is C23H19NO. The Morgan fingerprint density at radius 2 is 1.40 bits per heavy atom. The van der Waals surface area contributed by atoms with E-state index in [9.17, 15) is 4.79 Å². The van der Waals surface area contributed by atoms with Gasteiger partial charge in [0.15, 0.2) is 0 Å². The van der Waals surface area contributed by atoms with Gasteiger partial charge in [0.1, 0.15) is 0 Å². The van der Waals surface area contributed by atoms with Gasteiger partial charge >= 0.3 is 0 Å². The molecule has 4 rings (SSSR count). The predicted molar refractivity (Wildman–Crippen MR) is 104 cm³/mol. The Labute approximate surface area is 147 Å². The molecule has 0 fully saturated rings. The van der Waals surface area contributed by atoms with Gasteiger partial charge in [0.05, 0.1) is 0 Å². The van der Waals surface area contributed by atoms with Crippen molar-refractivity contribution in [3.63, 3.8) is 0 Å². The molecule has 0 atom stereocenters. The van der Waals surface area contributed by atoms with Crippen LogP contribution in [-0.4, -0.2) is 5.91 Å². The Bertz CT molecular complexity index is 1080. The summed E-state index contributed by atoms with van der Waals surface area (Å²) in [5, 5.41) is 7.81. The number of rotatable bonds is 3. The number of nitrogens with one attached hydrogen (secondary N) is 1. The lowest BCUT2D eigenvalue weighted by Gasteiger charge is -2.16. The molecule has 0 radical (unpaired) electrons. The highest BCUT2D eigenvalue weighted by Crippen LogP contribution is 2.36. The molecule has 0 aromatic heterocycles. The maximum Gasteiger partial charge on any atom is 0.217 e. The Balaban J connectivity index is 2.03. The van der Waals surface area contributed by atoms with Crippen LogP contribution in [0.1, 0.15) is 12.5 Å². The zero-order valence-corrected chi connectivity index (χ0v) is 14.1. The lowest BCUT2D eigenvalue weighted by molar-refractivity contribution is -0.119. The summed E-state index contributed by atoms with van der Waals surface area (Å²) in [4.78, 5) is 11.4. The Morgan fingerprint density at radius 1 is 0.760 bits per heavy atom. The van der Waals surface area contributed by atoms with Crippen molar-refractivity contribution in [1.29, 1.82) is 0 Å². The maximum atomic E-state index is 11.4. The van der Waals surface area contributed by atoms with Gasteiger partial charge in [0.25, 0.3) is 0 Å². The third-order valence-corrected chi connectivity index (χ3v) is 4.60. The first-order valence-electron chi connectivity index (χ1n) is 8.47. The fourth-order valence-corrected chi connectivity index (χ4v) is 3.45. The quantitative estimate of drug-likeness (QED) is 0.544. The molecule has 0 heterocycles. The highest BCUT2D eigenvalue weighted by molar-refractivity contribution is 6.06. The first-order chi connectivity index (χ1) is 12.2. The second-order valence-electron chi connectivity index (χ2n) is 6.26. The SMILES string of the molecule is CC(=O)NCc1ccc2ccccc2c1-c1cccc2ccccc12. The molecule has 0 aliphatic carbocycles. The van der Waals surface area contributed by atoms with Crippen LogP contribution >= 0.6 is 0 Å². The van der Waals surface area contributed by atoms with Crippen molar-refractivity contribution in [1.82, 2.24) is 5.32 Å². The molecule has 0 aliphatic rings. The van der Waals surface area contributed by atoms with E-state index in [4.69, 9.17) is 0 Å². The standard InChI is InChI=1S/C23H19NO/c1-16(25)24-15-19-14-13-18-8-3-5-11-21(18)23(19)22-12-6-9-17-7-2-4-10-20(17)22/h2-14H,15H2,1H3,(H,24,25). The molecule has 0 saturated carbocycles. The Morgan fingerprint density at radius 3 is 2.16 bits per heavy atom. The summed E-state index contributed by atoms with van der Waals surface area (Å²) in [6.45, 7) is 2.08. The zero-order valence-electron chi connectivity index (χ0n) is 14.1. The second-order valence-corrected chi connectivity index (χ2v) is 6.26. The fraction of sp³-hybridized carbons (Fsp3) is 0.0870. The van der Waals surface area contributed by atoms with E-state index in [1.54, 1.807) is 6.92 Å². The zero-order chi connectivity index (χ0) is 17.2. The molecule has 122 valence electrons. The van der Waals surface area contributed by atoms with Gasteiger partial charge in [0.2, 0.25) is 5.91 Å². The molecule has 4 aromatic carbocycles. The van der Waals surface area contributed by atoms with Crippen LogP contribution in [0.5, 0.6) is 0 Å². The highest BCUT2D eigenvalue weighted by atomic mass is 16.1. The van der Waals surface area contributed by atoms with Crippen molar-refractivity contribution in [3.8, 4) is 11.1 Å². The van der Waals surface area contributed by atoms with Gasteiger partial charge in [-0.25, -0.2) is 0 Å². The lowest BCUT2D eigenvalue weighted by Crippen LogP contribution is -2.19. The van der Waals surface area contributed by atoms with E-state index in [-0.39, 0.29) is 5.91 Å². The topological polar surface area (TPSA) is 29.1 Å². The van der Waals surface area contributed by atoms with Crippen molar-refractivity contribution < 1.29 is 4.79 Å². The molecule has 25 heavy (non-hydrogen) atoms. The van der Waals surface area contributed by atoms with Gasteiger partial charge in [-0.1, -0.05) is 78.9 Å². The third-order valence-electron chi connectivity index (χ3n) is 4.60. The van der Waals surface area contributed by atoms with Crippen molar-refractivity contribution >= 4 is 27.5 Å². The lowest BCUT2D eigenvalue weighted by atomic mass is 9.90. The third kappa shape index (κ3) is 2.87. The molecule has 4 aromatic rings. The van der Waals surface area contributed by atoms with Gasteiger partial charge in [-0.3, -0.25) is 4.79 Å². The molecular weight excluding hydrogens is 306 g/mol. The molecule has 1 N–H and O–H groups in total. The number of hydrogen-bond donors (Lipinski definition) is 1. The molecule has 0 saturated heterocycles. The summed E-state index contributed by atoms with van der Waals surface area (Å²) < 4.78 is 0. The first-order valence-corrected chi connectivity index (χ1v) is 8.47. The van der Waals surface area contributed by atoms with Crippen LogP contribution in [0, 0.1) is 0 Å². The summed E-state index contributed by atoms with van der Waals surface area (Å²) in [5.74, 6) is -0.0166. The Hall–Kier alpha value is -3.13.